The van der Waals surface area contributed by atoms with E-state index in [9.17, 15) is 9.90 Å². The highest BCUT2D eigenvalue weighted by atomic mass is 16.5. The average molecular weight is 243 g/mol. The summed E-state index contributed by atoms with van der Waals surface area (Å²) in [6.45, 7) is 2.02. The van der Waals surface area contributed by atoms with Gasteiger partial charge in [-0.25, -0.2) is 4.79 Å². The molecule has 1 aliphatic heterocycles. The van der Waals surface area contributed by atoms with Crippen LogP contribution in [0.3, 0.4) is 0 Å². The number of dihydropyridines is 1. The molecule has 0 aromatic rings. The minimum atomic E-state index is -1.34. The van der Waals surface area contributed by atoms with E-state index in [0.29, 0.717) is 12.3 Å². The van der Waals surface area contributed by atoms with Gasteiger partial charge in [0.25, 0.3) is 0 Å². The number of nitrogens with one attached hydrogen (secondary N) is 1. The first-order valence-electron chi connectivity index (χ1n) is 5.46. The zero-order chi connectivity index (χ0) is 12.8. The molecule has 0 aromatic carbocycles. The van der Waals surface area contributed by atoms with E-state index in [2.05, 4.69) is 5.32 Å². The summed E-state index contributed by atoms with van der Waals surface area (Å²) in [4.78, 5) is 10.8. The third-order valence-corrected chi connectivity index (χ3v) is 2.40. The van der Waals surface area contributed by atoms with Crippen LogP contribution in [0, 0.1) is 0 Å². The van der Waals surface area contributed by atoms with Crippen LogP contribution in [0.15, 0.2) is 23.2 Å². The molecule has 0 spiro atoms. The van der Waals surface area contributed by atoms with E-state index in [4.69, 9.17) is 14.9 Å². The van der Waals surface area contributed by atoms with Crippen LogP contribution in [0.25, 0.3) is 0 Å². The molecule has 0 amide bonds. The summed E-state index contributed by atoms with van der Waals surface area (Å²) in [7, 11) is 0. The van der Waals surface area contributed by atoms with Gasteiger partial charge in [0.05, 0.1) is 24.5 Å². The number of ether oxygens (including phenoxy) is 1. The lowest BCUT2D eigenvalue weighted by Gasteiger charge is -2.24. The van der Waals surface area contributed by atoms with Crippen molar-refractivity contribution < 1.29 is 24.9 Å². The van der Waals surface area contributed by atoms with E-state index in [0.717, 1.165) is 19.0 Å². The van der Waals surface area contributed by atoms with Crippen LogP contribution >= 0.6 is 0 Å². The number of aliphatic hydroxyl groups excluding tert-OH is 2. The van der Waals surface area contributed by atoms with Crippen LogP contribution in [0.4, 0.5) is 0 Å². The summed E-state index contributed by atoms with van der Waals surface area (Å²) in [6.07, 6.45) is 1.53. The second-order valence-electron chi connectivity index (χ2n) is 3.65. The van der Waals surface area contributed by atoms with E-state index >= 15 is 0 Å². The van der Waals surface area contributed by atoms with Crippen molar-refractivity contribution in [3.63, 3.8) is 0 Å². The smallest absolute Gasteiger partial charge is 0.336 e. The SMILES string of the molecule is CCCCOC1=C(CO)NC=C(C(=O)O)C1O. The topological polar surface area (TPSA) is 99.0 Å². The minimum Gasteiger partial charge on any atom is -0.493 e. The standard InChI is InChI=1S/C11H17NO5/c1-2-3-4-17-10-8(6-13)12-5-7(9(10)14)11(15)16/h5,9,12-14H,2-4,6H2,1H3,(H,15,16). The molecule has 0 aliphatic carbocycles. The molecular weight excluding hydrogens is 226 g/mol. The van der Waals surface area contributed by atoms with Gasteiger partial charge in [-0.3, -0.25) is 0 Å². The Morgan fingerprint density at radius 1 is 1.59 bits per heavy atom. The molecule has 0 saturated carbocycles. The van der Waals surface area contributed by atoms with Crippen molar-refractivity contribution in [1.29, 1.82) is 0 Å². The summed E-state index contributed by atoms with van der Waals surface area (Å²) < 4.78 is 5.32. The lowest BCUT2D eigenvalue weighted by atomic mass is 10.1. The molecule has 1 aliphatic rings. The van der Waals surface area contributed by atoms with Crippen LogP contribution in [-0.2, 0) is 9.53 Å². The van der Waals surface area contributed by atoms with Gasteiger partial charge in [-0.15, -0.1) is 0 Å². The van der Waals surface area contributed by atoms with Crippen molar-refractivity contribution in [2.24, 2.45) is 0 Å². The van der Waals surface area contributed by atoms with Gasteiger partial charge in [0.15, 0.2) is 5.76 Å². The summed E-state index contributed by atoms with van der Waals surface area (Å²) in [5.41, 5.74) is 0.0901. The Bertz CT molecular complexity index is 348. The Labute approximate surface area is 99.2 Å². The molecule has 1 rings (SSSR count). The molecule has 4 N–H and O–H groups in total. The fourth-order valence-electron chi connectivity index (χ4n) is 1.42. The summed E-state index contributed by atoms with van der Waals surface area (Å²) >= 11 is 0. The number of rotatable bonds is 6. The molecule has 0 aromatic heterocycles. The Kier molecular flexibility index (Phi) is 4.99. The monoisotopic (exact) mass is 243 g/mol. The Hall–Kier alpha value is -1.53. The zero-order valence-electron chi connectivity index (χ0n) is 9.64. The third-order valence-electron chi connectivity index (χ3n) is 2.40. The minimum absolute atomic E-state index is 0.0841. The number of aliphatic carboxylic acids is 1. The molecule has 6 heteroatoms. The number of hydrogen-bond acceptors (Lipinski definition) is 5. The quantitative estimate of drug-likeness (QED) is 0.488. The van der Waals surface area contributed by atoms with E-state index in [1.807, 2.05) is 6.92 Å². The Morgan fingerprint density at radius 2 is 2.29 bits per heavy atom. The van der Waals surface area contributed by atoms with E-state index in [-0.39, 0.29) is 17.9 Å². The van der Waals surface area contributed by atoms with Crippen LogP contribution in [0.5, 0.6) is 0 Å². The fraction of sp³-hybridized carbons (Fsp3) is 0.545. The van der Waals surface area contributed by atoms with Gasteiger partial charge in [0.1, 0.15) is 6.10 Å². The predicted octanol–water partition coefficient (Wildman–Crippen LogP) is -0.0604. The van der Waals surface area contributed by atoms with Crippen molar-refractivity contribution >= 4 is 5.97 Å². The lowest BCUT2D eigenvalue weighted by Crippen LogP contribution is -2.32. The molecule has 17 heavy (non-hydrogen) atoms. The largest absolute Gasteiger partial charge is 0.493 e. The zero-order valence-corrected chi connectivity index (χ0v) is 9.64. The van der Waals surface area contributed by atoms with Gasteiger partial charge in [0, 0.05) is 6.20 Å². The maximum absolute atomic E-state index is 10.8. The van der Waals surface area contributed by atoms with Crippen molar-refractivity contribution in [3.8, 4) is 0 Å². The Balaban J connectivity index is 2.79. The molecule has 1 atom stereocenters. The van der Waals surface area contributed by atoms with Crippen molar-refractivity contribution in [2.75, 3.05) is 13.2 Å². The molecule has 0 saturated heterocycles. The number of carboxylic acid groups (broad SMARTS) is 1. The molecule has 1 unspecified atom stereocenters. The first kappa shape index (κ1) is 13.5. The molecule has 1 heterocycles. The number of unbranched alkanes of at least 4 members (excludes halogenated alkanes) is 1. The summed E-state index contributed by atoms with van der Waals surface area (Å²) in [5.74, 6) is -1.14. The third kappa shape index (κ3) is 3.21. The maximum atomic E-state index is 10.8. The van der Waals surface area contributed by atoms with Crippen LogP contribution in [0.2, 0.25) is 0 Å². The van der Waals surface area contributed by atoms with E-state index in [1.54, 1.807) is 0 Å². The predicted molar refractivity (Wildman–Crippen MR) is 59.8 cm³/mol. The van der Waals surface area contributed by atoms with Gasteiger partial charge in [-0.05, 0) is 6.42 Å². The van der Waals surface area contributed by atoms with E-state index < -0.39 is 12.1 Å². The van der Waals surface area contributed by atoms with Crippen molar-refractivity contribution in [1.82, 2.24) is 5.32 Å². The number of carboxylic acids is 1. The van der Waals surface area contributed by atoms with Gasteiger partial charge in [-0.1, -0.05) is 13.3 Å². The molecule has 6 nitrogen and oxygen atoms in total. The normalized spacial score (nSPS) is 19.7. The Morgan fingerprint density at radius 3 is 2.82 bits per heavy atom. The highest BCUT2D eigenvalue weighted by Crippen LogP contribution is 2.21. The summed E-state index contributed by atoms with van der Waals surface area (Å²) in [6, 6.07) is 0. The first-order valence-corrected chi connectivity index (χ1v) is 5.46. The van der Waals surface area contributed by atoms with Gasteiger partial charge >= 0.3 is 5.97 Å². The first-order chi connectivity index (χ1) is 8.11. The van der Waals surface area contributed by atoms with E-state index in [1.165, 1.54) is 0 Å². The second-order valence-corrected chi connectivity index (χ2v) is 3.65. The summed E-state index contributed by atoms with van der Waals surface area (Å²) in [5, 5.41) is 30.3. The highest BCUT2D eigenvalue weighted by Gasteiger charge is 2.29. The number of aliphatic hydroxyl groups is 2. The molecule has 0 radical (unpaired) electrons. The molecule has 96 valence electrons. The van der Waals surface area contributed by atoms with Crippen LogP contribution < -0.4 is 5.32 Å². The average Bonchev–Trinajstić information content (AvgIpc) is 2.30. The number of hydrogen-bond donors (Lipinski definition) is 4. The molecule has 0 fully saturated rings. The highest BCUT2D eigenvalue weighted by molar-refractivity contribution is 5.88. The van der Waals surface area contributed by atoms with Gasteiger partial charge in [-0.2, -0.15) is 0 Å². The van der Waals surface area contributed by atoms with Crippen LogP contribution in [0.1, 0.15) is 19.8 Å². The van der Waals surface area contributed by atoms with Gasteiger partial charge in [0.2, 0.25) is 0 Å². The van der Waals surface area contributed by atoms with Gasteiger partial charge < -0.3 is 25.4 Å². The lowest BCUT2D eigenvalue weighted by molar-refractivity contribution is -0.133. The fourth-order valence-corrected chi connectivity index (χ4v) is 1.42. The van der Waals surface area contributed by atoms with Crippen LogP contribution in [-0.4, -0.2) is 40.6 Å². The maximum Gasteiger partial charge on any atom is 0.336 e. The van der Waals surface area contributed by atoms with Crippen molar-refractivity contribution in [3.05, 3.63) is 23.2 Å². The number of carbonyl (C=O) groups is 1. The second kappa shape index (κ2) is 6.27. The van der Waals surface area contributed by atoms with Crippen molar-refractivity contribution in [2.45, 2.75) is 25.9 Å². The molecular formula is C11H17NO5. The molecule has 0 bridgehead atoms.